The van der Waals surface area contributed by atoms with Crippen molar-refractivity contribution >= 4 is 11.7 Å². The second kappa shape index (κ2) is 11.5. The predicted molar refractivity (Wildman–Crippen MR) is 145 cm³/mol. The molecule has 1 saturated carbocycles. The Bertz CT molecular complexity index is 1270. The van der Waals surface area contributed by atoms with Crippen molar-refractivity contribution in [2.45, 2.75) is 31.7 Å². The fourth-order valence-electron chi connectivity index (χ4n) is 4.63. The molecule has 3 aromatic rings. The maximum Gasteiger partial charge on any atom is 0.170 e. The predicted octanol–water partition coefficient (Wildman–Crippen LogP) is 5.26. The minimum atomic E-state index is -0.0343. The third kappa shape index (κ3) is 6.42. The number of hydrogen-bond donors (Lipinski definition) is 4. The van der Waals surface area contributed by atoms with Gasteiger partial charge in [0.05, 0.1) is 6.04 Å². The van der Waals surface area contributed by atoms with Crippen LogP contribution in [0, 0.1) is 11.3 Å². The topological polar surface area (TPSA) is 128 Å². The van der Waals surface area contributed by atoms with Crippen molar-refractivity contribution in [1.82, 2.24) is 9.96 Å². The summed E-state index contributed by atoms with van der Waals surface area (Å²) in [5.41, 5.74) is 6.82. The number of likely N-dealkylation sites (tertiary alicyclic amines) is 1. The van der Waals surface area contributed by atoms with Gasteiger partial charge in [-0.15, -0.1) is 0 Å². The van der Waals surface area contributed by atoms with Gasteiger partial charge in [-0.3, -0.25) is 10.6 Å². The van der Waals surface area contributed by atoms with Crippen LogP contribution >= 0.6 is 0 Å². The molecule has 9 heteroatoms. The Kier molecular flexibility index (Phi) is 7.76. The van der Waals surface area contributed by atoms with Gasteiger partial charge in [0.15, 0.2) is 11.7 Å². The Labute approximate surface area is 222 Å². The van der Waals surface area contributed by atoms with E-state index in [0.29, 0.717) is 34.1 Å². The van der Waals surface area contributed by atoms with E-state index in [0.717, 1.165) is 36.9 Å². The van der Waals surface area contributed by atoms with Crippen molar-refractivity contribution in [3.8, 4) is 23.0 Å². The molecule has 1 aliphatic heterocycles. The van der Waals surface area contributed by atoms with Gasteiger partial charge in [-0.25, -0.2) is 5.06 Å². The van der Waals surface area contributed by atoms with Gasteiger partial charge in [-0.2, -0.15) is 0 Å². The third-order valence-corrected chi connectivity index (χ3v) is 7.01. The van der Waals surface area contributed by atoms with Gasteiger partial charge in [0.1, 0.15) is 23.0 Å². The molecule has 0 unspecified atom stereocenters. The Morgan fingerprint density at radius 1 is 0.868 bits per heavy atom. The monoisotopic (exact) mass is 515 g/mol. The van der Waals surface area contributed by atoms with E-state index in [4.69, 9.17) is 25.8 Å². The number of nitrogens with one attached hydrogen (secondary N) is 1. The molecule has 2 aliphatic rings. The fourth-order valence-corrected chi connectivity index (χ4v) is 4.63. The maximum absolute atomic E-state index is 10.7. The normalized spacial score (nSPS) is 16.7. The van der Waals surface area contributed by atoms with Gasteiger partial charge in [0, 0.05) is 36.8 Å². The first-order valence-corrected chi connectivity index (χ1v) is 12.9. The van der Waals surface area contributed by atoms with Crippen LogP contribution in [0.2, 0.25) is 0 Å². The van der Waals surface area contributed by atoms with Gasteiger partial charge in [-0.1, -0.05) is 11.2 Å². The van der Waals surface area contributed by atoms with Crippen molar-refractivity contribution < 1.29 is 19.9 Å². The SMILES string of the molecule is N=C(c1ccc(Oc2cccc(Oc3ccc(/C(N)=N/O)cc3)c2)cc1)N(O)C1CCN(CC2CC2)CC1. The number of amidine groups is 2. The van der Waals surface area contributed by atoms with E-state index in [1.807, 2.05) is 18.2 Å². The summed E-state index contributed by atoms with van der Waals surface area (Å²) in [6.07, 6.45) is 4.42. The highest BCUT2D eigenvalue weighted by molar-refractivity contribution is 5.97. The molecule has 0 spiro atoms. The zero-order valence-electron chi connectivity index (χ0n) is 21.2. The van der Waals surface area contributed by atoms with Crippen LogP contribution in [0.1, 0.15) is 36.8 Å². The molecule has 5 N–H and O–H groups in total. The highest BCUT2D eigenvalue weighted by Crippen LogP contribution is 2.31. The molecule has 5 rings (SSSR count). The zero-order valence-corrected chi connectivity index (χ0v) is 21.2. The fraction of sp³-hybridized carbons (Fsp3) is 0.310. The van der Waals surface area contributed by atoms with E-state index >= 15 is 0 Å². The van der Waals surface area contributed by atoms with Crippen molar-refractivity contribution in [2.24, 2.45) is 16.8 Å². The van der Waals surface area contributed by atoms with Crippen LogP contribution in [-0.4, -0.2) is 57.7 Å². The second-order valence-electron chi connectivity index (χ2n) is 9.88. The molecule has 0 bridgehead atoms. The minimum Gasteiger partial charge on any atom is -0.457 e. The summed E-state index contributed by atoms with van der Waals surface area (Å²) in [5.74, 6) is 3.41. The number of rotatable bonds is 9. The lowest BCUT2D eigenvalue weighted by Crippen LogP contribution is -2.46. The molecule has 0 amide bonds. The molecule has 38 heavy (non-hydrogen) atoms. The number of hydrogen-bond acceptors (Lipinski definition) is 7. The average molecular weight is 516 g/mol. The molecule has 0 radical (unpaired) electrons. The molecule has 1 saturated heterocycles. The first-order valence-electron chi connectivity index (χ1n) is 12.9. The molecule has 0 atom stereocenters. The van der Waals surface area contributed by atoms with E-state index in [-0.39, 0.29) is 17.7 Å². The maximum atomic E-state index is 10.7. The van der Waals surface area contributed by atoms with Crippen LogP contribution < -0.4 is 15.2 Å². The molecule has 1 aliphatic carbocycles. The van der Waals surface area contributed by atoms with Gasteiger partial charge in [-0.05, 0) is 92.3 Å². The molecule has 3 aromatic carbocycles. The number of nitrogens with zero attached hydrogens (tertiary/aromatic N) is 3. The van der Waals surface area contributed by atoms with E-state index in [1.165, 1.54) is 19.4 Å². The summed E-state index contributed by atoms with van der Waals surface area (Å²) in [5, 5.41) is 32.1. The van der Waals surface area contributed by atoms with Gasteiger partial charge >= 0.3 is 0 Å². The second-order valence-corrected chi connectivity index (χ2v) is 9.88. The molecular formula is C29H33N5O4. The van der Waals surface area contributed by atoms with Crippen molar-refractivity contribution in [2.75, 3.05) is 19.6 Å². The largest absolute Gasteiger partial charge is 0.457 e. The first kappa shape index (κ1) is 25.6. The molecule has 1 heterocycles. The number of nitrogens with two attached hydrogens (primary N) is 1. The number of ether oxygens (including phenoxy) is 2. The standard InChI is InChI=1S/C29H33N5O4/c30-28(32-35)21-6-10-24(11-7-21)37-26-2-1-3-27(18-26)38-25-12-8-22(9-13-25)29(31)34(36)23-14-16-33(17-15-23)19-20-4-5-20/h1-3,6-13,18,20,23,31,35-36H,4-5,14-17,19H2,(H2,30,32). The van der Waals surface area contributed by atoms with Crippen LogP contribution in [0.15, 0.2) is 78.0 Å². The molecule has 0 aromatic heterocycles. The highest BCUT2D eigenvalue weighted by atomic mass is 16.5. The third-order valence-electron chi connectivity index (χ3n) is 7.01. The Balaban J connectivity index is 1.15. The number of benzene rings is 3. The van der Waals surface area contributed by atoms with E-state index in [9.17, 15) is 5.21 Å². The quantitative estimate of drug-likeness (QED) is 0.133. The summed E-state index contributed by atoms with van der Waals surface area (Å²) in [6, 6.07) is 21.2. The highest BCUT2D eigenvalue weighted by Gasteiger charge is 2.30. The average Bonchev–Trinajstić information content (AvgIpc) is 3.77. The summed E-state index contributed by atoms with van der Waals surface area (Å²) in [4.78, 5) is 2.48. The number of hydroxylamine groups is 2. The van der Waals surface area contributed by atoms with Crippen LogP contribution in [0.4, 0.5) is 0 Å². The van der Waals surface area contributed by atoms with Crippen LogP contribution in [0.3, 0.4) is 0 Å². The summed E-state index contributed by atoms with van der Waals surface area (Å²) >= 11 is 0. The van der Waals surface area contributed by atoms with Gasteiger partial charge in [0.2, 0.25) is 0 Å². The Morgan fingerprint density at radius 3 is 1.95 bits per heavy atom. The Morgan fingerprint density at radius 2 is 1.42 bits per heavy atom. The summed E-state index contributed by atoms with van der Waals surface area (Å²) in [7, 11) is 0. The summed E-state index contributed by atoms with van der Waals surface area (Å²) < 4.78 is 11.9. The van der Waals surface area contributed by atoms with E-state index in [2.05, 4.69) is 10.1 Å². The lowest BCUT2D eigenvalue weighted by atomic mass is 10.0. The number of oxime groups is 1. The van der Waals surface area contributed by atoms with E-state index < -0.39 is 0 Å². The van der Waals surface area contributed by atoms with Crippen LogP contribution in [-0.2, 0) is 0 Å². The summed E-state index contributed by atoms with van der Waals surface area (Å²) in [6.45, 7) is 3.12. The first-order chi connectivity index (χ1) is 18.5. The van der Waals surface area contributed by atoms with Crippen molar-refractivity contribution in [3.05, 3.63) is 83.9 Å². The molecule has 2 fully saturated rings. The smallest absolute Gasteiger partial charge is 0.170 e. The lowest BCUT2D eigenvalue weighted by molar-refractivity contribution is -0.0713. The zero-order chi connectivity index (χ0) is 26.5. The van der Waals surface area contributed by atoms with Crippen LogP contribution in [0.5, 0.6) is 23.0 Å². The molecular weight excluding hydrogens is 482 g/mol. The van der Waals surface area contributed by atoms with Gasteiger partial charge < -0.3 is 25.3 Å². The Hall–Kier alpha value is -4.08. The number of piperidine rings is 1. The molecule has 9 nitrogen and oxygen atoms in total. The minimum absolute atomic E-state index is 0.0317. The van der Waals surface area contributed by atoms with Gasteiger partial charge in [0.25, 0.3) is 0 Å². The molecule has 198 valence electrons. The lowest BCUT2D eigenvalue weighted by Gasteiger charge is -2.36. The van der Waals surface area contributed by atoms with E-state index in [1.54, 1.807) is 54.6 Å². The van der Waals surface area contributed by atoms with Crippen molar-refractivity contribution in [3.63, 3.8) is 0 Å². The van der Waals surface area contributed by atoms with Crippen LogP contribution in [0.25, 0.3) is 0 Å². The van der Waals surface area contributed by atoms with Crippen molar-refractivity contribution in [1.29, 1.82) is 5.41 Å².